The molecule has 0 fully saturated rings. The van der Waals surface area contributed by atoms with E-state index in [4.69, 9.17) is 11.6 Å². The van der Waals surface area contributed by atoms with Crippen molar-refractivity contribution in [2.45, 2.75) is 6.42 Å². The van der Waals surface area contributed by atoms with Crippen LogP contribution < -0.4 is 0 Å². The smallest absolute Gasteiger partial charge is 0.168 e. The van der Waals surface area contributed by atoms with E-state index in [1.54, 1.807) is 17.8 Å². The third kappa shape index (κ3) is 2.31. The highest BCUT2D eigenvalue weighted by Crippen LogP contribution is 2.14. The van der Waals surface area contributed by atoms with Crippen LogP contribution in [0.25, 0.3) is 0 Å². The van der Waals surface area contributed by atoms with Crippen LogP contribution in [-0.4, -0.2) is 16.1 Å². The van der Waals surface area contributed by atoms with E-state index in [9.17, 15) is 4.79 Å². The fraction of sp³-hybridized carbons (Fsp3) is 0.167. The van der Waals surface area contributed by atoms with Crippen LogP contribution >= 0.6 is 11.6 Å². The molecular weight excluding hydrogens is 224 g/mol. The number of nitrogens with zero attached hydrogens (tertiary/aromatic N) is 2. The Bertz CT molecular complexity index is 519. The molecule has 0 spiro atoms. The van der Waals surface area contributed by atoms with Gasteiger partial charge in [-0.25, -0.2) is 0 Å². The molecule has 0 saturated carbocycles. The summed E-state index contributed by atoms with van der Waals surface area (Å²) in [6, 6.07) is 9.41. The number of benzene rings is 1. The maximum atomic E-state index is 10.7. The molecule has 2 rings (SSSR count). The molecule has 82 valence electrons. The van der Waals surface area contributed by atoms with Crippen LogP contribution in [0.5, 0.6) is 0 Å². The predicted octanol–water partition coefficient (Wildman–Crippen LogP) is 2.48. The highest BCUT2D eigenvalue weighted by molar-refractivity contribution is 6.30. The first-order chi connectivity index (χ1) is 7.69. The third-order valence-corrected chi connectivity index (χ3v) is 2.60. The number of aryl methyl sites for hydroxylation is 1. The summed E-state index contributed by atoms with van der Waals surface area (Å²) in [6.45, 7) is 0. The van der Waals surface area contributed by atoms with Gasteiger partial charge in [-0.2, -0.15) is 5.10 Å². The van der Waals surface area contributed by atoms with Crippen LogP contribution in [0.3, 0.4) is 0 Å². The van der Waals surface area contributed by atoms with Gasteiger partial charge in [0.1, 0.15) is 5.69 Å². The van der Waals surface area contributed by atoms with Gasteiger partial charge in [0.2, 0.25) is 0 Å². The zero-order chi connectivity index (χ0) is 11.5. The van der Waals surface area contributed by atoms with Gasteiger partial charge in [-0.05, 0) is 23.8 Å². The Morgan fingerprint density at radius 3 is 2.88 bits per heavy atom. The van der Waals surface area contributed by atoms with Crippen molar-refractivity contribution in [1.29, 1.82) is 0 Å². The minimum atomic E-state index is 0.581. The maximum Gasteiger partial charge on any atom is 0.168 e. The molecule has 0 radical (unpaired) electrons. The Balaban J connectivity index is 2.23. The molecule has 0 amide bonds. The van der Waals surface area contributed by atoms with Crippen molar-refractivity contribution < 1.29 is 4.79 Å². The first kappa shape index (κ1) is 10.9. The van der Waals surface area contributed by atoms with Crippen molar-refractivity contribution in [3.63, 3.8) is 0 Å². The monoisotopic (exact) mass is 234 g/mol. The standard InChI is InChI=1S/C12H11ClN2O/c1-15-12(8-16)7-11(14-15)6-9-3-2-4-10(13)5-9/h2-5,7-8H,6H2,1H3. The largest absolute Gasteiger partial charge is 0.296 e. The number of carbonyl (C=O) groups excluding carboxylic acids is 1. The molecular formula is C12H11ClN2O. The lowest BCUT2D eigenvalue weighted by Crippen LogP contribution is -1.96. The zero-order valence-corrected chi connectivity index (χ0v) is 9.61. The quantitative estimate of drug-likeness (QED) is 0.765. The van der Waals surface area contributed by atoms with Gasteiger partial charge in [0.25, 0.3) is 0 Å². The SMILES string of the molecule is Cn1nc(Cc2cccc(Cl)c2)cc1C=O. The van der Waals surface area contributed by atoms with Crippen LogP contribution in [0.1, 0.15) is 21.7 Å². The zero-order valence-electron chi connectivity index (χ0n) is 8.85. The fourth-order valence-corrected chi connectivity index (χ4v) is 1.81. The Labute approximate surface area is 98.7 Å². The lowest BCUT2D eigenvalue weighted by Gasteiger charge is -1.98. The molecule has 0 saturated heterocycles. The minimum absolute atomic E-state index is 0.581. The van der Waals surface area contributed by atoms with E-state index >= 15 is 0 Å². The highest BCUT2D eigenvalue weighted by atomic mass is 35.5. The van der Waals surface area contributed by atoms with Crippen LogP contribution in [0.2, 0.25) is 5.02 Å². The van der Waals surface area contributed by atoms with E-state index in [0.717, 1.165) is 17.5 Å². The van der Waals surface area contributed by atoms with Crippen molar-refractivity contribution in [2.75, 3.05) is 0 Å². The molecule has 0 N–H and O–H groups in total. The van der Waals surface area contributed by atoms with Crippen molar-refractivity contribution in [2.24, 2.45) is 7.05 Å². The summed E-state index contributed by atoms with van der Waals surface area (Å²) in [4.78, 5) is 10.7. The topological polar surface area (TPSA) is 34.9 Å². The molecule has 0 aliphatic carbocycles. The molecule has 1 heterocycles. The average molecular weight is 235 g/mol. The number of aromatic nitrogens is 2. The average Bonchev–Trinajstić information content (AvgIpc) is 2.58. The van der Waals surface area contributed by atoms with Gasteiger partial charge >= 0.3 is 0 Å². The molecule has 2 aromatic rings. The van der Waals surface area contributed by atoms with E-state index in [2.05, 4.69) is 5.10 Å². The minimum Gasteiger partial charge on any atom is -0.296 e. The summed E-state index contributed by atoms with van der Waals surface area (Å²) in [5, 5.41) is 4.96. The lowest BCUT2D eigenvalue weighted by atomic mass is 10.1. The Kier molecular flexibility index (Phi) is 3.06. The van der Waals surface area contributed by atoms with Crippen molar-refractivity contribution >= 4 is 17.9 Å². The summed E-state index contributed by atoms with van der Waals surface area (Å²) >= 11 is 5.89. The van der Waals surface area contributed by atoms with Crippen LogP contribution in [0.4, 0.5) is 0 Å². The van der Waals surface area contributed by atoms with Gasteiger partial charge in [0, 0.05) is 18.5 Å². The van der Waals surface area contributed by atoms with Crippen molar-refractivity contribution in [3.8, 4) is 0 Å². The number of carbonyl (C=O) groups is 1. The lowest BCUT2D eigenvalue weighted by molar-refractivity contribution is 0.111. The second kappa shape index (κ2) is 4.49. The van der Waals surface area contributed by atoms with Gasteiger partial charge < -0.3 is 0 Å². The van der Waals surface area contributed by atoms with Gasteiger partial charge in [-0.1, -0.05) is 23.7 Å². The van der Waals surface area contributed by atoms with E-state index < -0.39 is 0 Å². The summed E-state index contributed by atoms with van der Waals surface area (Å²) in [5.41, 5.74) is 2.53. The van der Waals surface area contributed by atoms with Crippen LogP contribution in [-0.2, 0) is 13.5 Å². The normalized spacial score (nSPS) is 10.4. The van der Waals surface area contributed by atoms with Crippen molar-refractivity contribution in [1.82, 2.24) is 9.78 Å². The molecule has 1 aromatic carbocycles. The molecule has 0 aliphatic rings. The first-order valence-electron chi connectivity index (χ1n) is 4.91. The molecule has 0 bridgehead atoms. The molecule has 0 atom stereocenters. The third-order valence-electron chi connectivity index (χ3n) is 2.36. The molecule has 3 nitrogen and oxygen atoms in total. The van der Waals surface area contributed by atoms with Gasteiger partial charge in [-0.15, -0.1) is 0 Å². The Hall–Kier alpha value is -1.61. The number of rotatable bonds is 3. The van der Waals surface area contributed by atoms with E-state index in [1.165, 1.54) is 0 Å². The fourth-order valence-electron chi connectivity index (χ4n) is 1.60. The highest BCUT2D eigenvalue weighted by Gasteiger charge is 2.05. The van der Waals surface area contributed by atoms with Crippen LogP contribution in [0, 0.1) is 0 Å². The van der Waals surface area contributed by atoms with Crippen molar-refractivity contribution in [3.05, 3.63) is 52.3 Å². The van der Waals surface area contributed by atoms with Gasteiger partial charge in [-0.3, -0.25) is 9.48 Å². The van der Waals surface area contributed by atoms with E-state index in [-0.39, 0.29) is 0 Å². The number of hydrogen-bond donors (Lipinski definition) is 0. The van der Waals surface area contributed by atoms with E-state index in [0.29, 0.717) is 17.1 Å². The Morgan fingerprint density at radius 2 is 2.25 bits per heavy atom. The summed E-state index contributed by atoms with van der Waals surface area (Å²) < 4.78 is 1.58. The predicted molar refractivity (Wildman–Crippen MR) is 62.9 cm³/mol. The summed E-state index contributed by atoms with van der Waals surface area (Å²) in [5.74, 6) is 0. The Morgan fingerprint density at radius 1 is 1.44 bits per heavy atom. The molecule has 0 aliphatic heterocycles. The summed E-state index contributed by atoms with van der Waals surface area (Å²) in [7, 11) is 1.76. The molecule has 1 aromatic heterocycles. The number of aldehydes is 1. The molecule has 4 heteroatoms. The second-order valence-electron chi connectivity index (χ2n) is 3.61. The van der Waals surface area contributed by atoms with Gasteiger partial charge in [0.05, 0.1) is 5.69 Å². The molecule has 0 unspecified atom stereocenters. The second-order valence-corrected chi connectivity index (χ2v) is 4.05. The first-order valence-corrected chi connectivity index (χ1v) is 5.29. The summed E-state index contributed by atoms with van der Waals surface area (Å²) in [6.07, 6.45) is 1.48. The molecule has 16 heavy (non-hydrogen) atoms. The number of halogens is 1. The van der Waals surface area contributed by atoms with E-state index in [1.807, 2.05) is 24.3 Å². The maximum absolute atomic E-state index is 10.7. The number of hydrogen-bond acceptors (Lipinski definition) is 2. The van der Waals surface area contributed by atoms with Gasteiger partial charge in [0.15, 0.2) is 6.29 Å². The van der Waals surface area contributed by atoms with Crippen LogP contribution in [0.15, 0.2) is 30.3 Å².